The maximum atomic E-state index is 6.21. The number of halogens is 4. The Bertz CT molecular complexity index is 529. The summed E-state index contributed by atoms with van der Waals surface area (Å²) >= 11 is 24.1. The van der Waals surface area contributed by atoms with Gasteiger partial charge >= 0.3 is 0 Å². The lowest BCUT2D eigenvalue weighted by Gasteiger charge is -2.17. The summed E-state index contributed by atoms with van der Waals surface area (Å²) in [4.78, 5) is 0. The molecule has 2 aromatic carbocycles. The van der Waals surface area contributed by atoms with E-state index in [1.165, 1.54) is 0 Å². The molecule has 0 saturated heterocycles. The van der Waals surface area contributed by atoms with Crippen LogP contribution in [0.3, 0.4) is 0 Å². The monoisotopic (exact) mass is 318 g/mol. The molecule has 0 atom stereocenters. The van der Waals surface area contributed by atoms with Gasteiger partial charge < -0.3 is 0 Å². The lowest BCUT2D eigenvalue weighted by molar-refractivity contribution is 1.10. The van der Waals surface area contributed by atoms with Crippen molar-refractivity contribution in [3.05, 3.63) is 70.2 Å². The van der Waals surface area contributed by atoms with Crippen molar-refractivity contribution in [2.45, 2.75) is 10.2 Å². The van der Waals surface area contributed by atoms with E-state index in [1.807, 2.05) is 30.3 Å². The molecule has 2 aromatic rings. The Morgan fingerprint density at radius 3 is 2.11 bits per heavy atom. The van der Waals surface area contributed by atoms with Crippen molar-refractivity contribution in [2.24, 2.45) is 0 Å². The fraction of sp³-hybridized carbons (Fsp3) is 0.143. The molecule has 0 spiro atoms. The van der Waals surface area contributed by atoms with Gasteiger partial charge in [0.1, 0.15) is 0 Å². The fourth-order valence-electron chi connectivity index (χ4n) is 1.80. The molecule has 0 N–H and O–H groups in total. The first-order valence-corrected chi connectivity index (χ1v) is 6.88. The largest absolute Gasteiger partial charge is 0.216 e. The first kappa shape index (κ1) is 14.0. The normalized spacial score (nSPS) is 11.6. The maximum absolute atomic E-state index is 6.21. The van der Waals surface area contributed by atoms with Crippen LogP contribution in [0.25, 0.3) is 0 Å². The Labute approximate surface area is 126 Å². The molecule has 0 aliphatic rings. The van der Waals surface area contributed by atoms with Gasteiger partial charge in [0, 0.05) is 10.6 Å². The van der Waals surface area contributed by atoms with Gasteiger partial charge in [0.25, 0.3) is 0 Å². The highest BCUT2D eigenvalue weighted by molar-refractivity contribution is 6.66. The number of alkyl halides is 3. The summed E-state index contributed by atoms with van der Waals surface area (Å²) < 4.78 is -1.46. The minimum atomic E-state index is -1.46. The van der Waals surface area contributed by atoms with E-state index in [0.717, 1.165) is 11.1 Å². The molecule has 2 rings (SSSR count). The molecule has 0 bridgehead atoms. The van der Waals surface area contributed by atoms with Crippen LogP contribution < -0.4 is 0 Å². The average Bonchev–Trinajstić information content (AvgIpc) is 2.32. The average molecular weight is 320 g/mol. The minimum absolute atomic E-state index is 0.614. The maximum Gasteiger partial charge on any atom is 0.216 e. The third-order valence-corrected chi connectivity index (χ3v) is 3.61. The van der Waals surface area contributed by atoms with Gasteiger partial charge in [-0.3, -0.25) is 0 Å². The highest BCUT2D eigenvalue weighted by atomic mass is 35.6. The van der Waals surface area contributed by atoms with Crippen LogP contribution >= 0.6 is 46.4 Å². The topological polar surface area (TPSA) is 0 Å². The molecule has 0 radical (unpaired) electrons. The third-order valence-electron chi connectivity index (χ3n) is 2.65. The highest BCUT2D eigenvalue weighted by Gasteiger charge is 2.26. The summed E-state index contributed by atoms with van der Waals surface area (Å²) in [6, 6.07) is 15.3. The molecular formula is C14H10Cl4. The van der Waals surface area contributed by atoms with Crippen molar-refractivity contribution >= 4 is 46.4 Å². The molecule has 4 heteroatoms. The van der Waals surface area contributed by atoms with Crippen LogP contribution in [0.2, 0.25) is 5.02 Å². The van der Waals surface area contributed by atoms with E-state index < -0.39 is 3.79 Å². The Balaban J connectivity index is 2.44. The van der Waals surface area contributed by atoms with E-state index in [4.69, 9.17) is 46.4 Å². The predicted octanol–water partition coefficient (Wildman–Crippen LogP) is 5.76. The summed E-state index contributed by atoms with van der Waals surface area (Å²) in [7, 11) is 0. The van der Waals surface area contributed by atoms with Crippen LogP contribution in [-0.2, 0) is 10.2 Å². The fourth-order valence-corrected chi connectivity index (χ4v) is 2.58. The SMILES string of the molecule is Clc1cccc(C(Cl)(Cl)Cl)c1Cc1ccccc1. The van der Waals surface area contributed by atoms with E-state index in [2.05, 4.69) is 0 Å². The van der Waals surface area contributed by atoms with Crippen molar-refractivity contribution < 1.29 is 0 Å². The van der Waals surface area contributed by atoms with Crippen molar-refractivity contribution in [1.82, 2.24) is 0 Å². The zero-order chi connectivity index (χ0) is 13.2. The van der Waals surface area contributed by atoms with Gasteiger partial charge in [-0.2, -0.15) is 0 Å². The molecule has 0 aliphatic heterocycles. The summed E-state index contributed by atoms with van der Waals surface area (Å²) in [6.07, 6.45) is 0.643. The lowest BCUT2D eigenvalue weighted by Crippen LogP contribution is -2.06. The zero-order valence-electron chi connectivity index (χ0n) is 9.34. The Hall–Kier alpha value is -0.400. The Morgan fingerprint density at radius 1 is 0.833 bits per heavy atom. The first-order valence-electron chi connectivity index (χ1n) is 5.37. The van der Waals surface area contributed by atoms with Crippen LogP contribution in [0, 0.1) is 0 Å². The van der Waals surface area contributed by atoms with Crippen LogP contribution in [0.15, 0.2) is 48.5 Å². The molecular weight excluding hydrogens is 310 g/mol. The van der Waals surface area contributed by atoms with E-state index in [-0.39, 0.29) is 0 Å². The second-order valence-corrected chi connectivity index (χ2v) is 6.61. The predicted molar refractivity (Wildman–Crippen MR) is 79.9 cm³/mol. The molecule has 0 heterocycles. The molecule has 0 amide bonds. The van der Waals surface area contributed by atoms with Gasteiger partial charge in [-0.05, 0) is 23.6 Å². The molecule has 18 heavy (non-hydrogen) atoms. The summed E-state index contributed by atoms with van der Waals surface area (Å²) in [5.41, 5.74) is 2.61. The van der Waals surface area contributed by atoms with E-state index >= 15 is 0 Å². The molecule has 0 unspecified atom stereocenters. The van der Waals surface area contributed by atoms with Crippen molar-refractivity contribution in [3.63, 3.8) is 0 Å². The second-order valence-electron chi connectivity index (χ2n) is 3.93. The third kappa shape index (κ3) is 3.33. The van der Waals surface area contributed by atoms with Crippen LogP contribution in [0.1, 0.15) is 16.7 Å². The van der Waals surface area contributed by atoms with Crippen molar-refractivity contribution in [2.75, 3.05) is 0 Å². The summed E-state index contributed by atoms with van der Waals surface area (Å²) in [5, 5.41) is 0.614. The lowest BCUT2D eigenvalue weighted by atomic mass is 10.0. The van der Waals surface area contributed by atoms with E-state index in [9.17, 15) is 0 Å². The first-order chi connectivity index (χ1) is 8.48. The number of hydrogen-bond donors (Lipinski definition) is 0. The second kappa shape index (κ2) is 5.71. The molecule has 0 fully saturated rings. The van der Waals surface area contributed by atoms with Gasteiger partial charge in [0.2, 0.25) is 3.79 Å². The molecule has 0 aromatic heterocycles. The van der Waals surface area contributed by atoms with Gasteiger partial charge in [-0.1, -0.05) is 88.9 Å². The number of benzene rings is 2. The Morgan fingerprint density at radius 2 is 1.50 bits per heavy atom. The molecule has 0 saturated carbocycles. The molecule has 94 valence electrons. The van der Waals surface area contributed by atoms with Crippen molar-refractivity contribution in [3.8, 4) is 0 Å². The van der Waals surface area contributed by atoms with E-state index in [0.29, 0.717) is 17.0 Å². The standard InChI is InChI=1S/C14H10Cl4/c15-13-8-4-7-12(14(16,17)18)11(13)9-10-5-2-1-3-6-10/h1-8H,9H2. The highest BCUT2D eigenvalue weighted by Crippen LogP contribution is 2.42. The van der Waals surface area contributed by atoms with Gasteiger partial charge in [0.15, 0.2) is 0 Å². The quantitative estimate of drug-likeness (QED) is 0.617. The summed E-state index contributed by atoms with van der Waals surface area (Å²) in [5.74, 6) is 0. The number of rotatable bonds is 2. The van der Waals surface area contributed by atoms with Gasteiger partial charge in [0.05, 0.1) is 0 Å². The van der Waals surface area contributed by atoms with Crippen LogP contribution in [0.4, 0.5) is 0 Å². The van der Waals surface area contributed by atoms with Crippen LogP contribution in [0.5, 0.6) is 0 Å². The number of hydrogen-bond acceptors (Lipinski definition) is 0. The Kier molecular flexibility index (Phi) is 4.45. The minimum Gasteiger partial charge on any atom is -0.0840 e. The molecule has 0 nitrogen and oxygen atoms in total. The smallest absolute Gasteiger partial charge is 0.0840 e. The van der Waals surface area contributed by atoms with E-state index in [1.54, 1.807) is 18.2 Å². The van der Waals surface area contributed by atoms with Gasteiger partial charge in [-0.25, -0.2) is 0 Å². The van der Waals surface area contributed by atoms with Crippen LogP contribution in [-0.4, -0.2) is 0 Å². The van der Waals surface area contributed by atoms with Gasteiger partial charge in [-0.15, -0.1) is 0 Å². The zero-order valence-corrected chi connectivity index (χ0v) is 12.4. The summed E-state index contributed by atoms with van der Waals surface area (Å²) in [6.45, 7) is 0. The molecule has 0 aliphatic carbocycles. The van der Waals surface area contributed by atoms with Crippen molar-refractivity contribution in [1.29, 1.82) is 0 Å².